The quantitative estimate of drug-likeness (QED) is 0.690. The molecule has 1 aromatic heterocycles. The summed E-state index contributed by atoms with van der Waals surface area (Å²) in [5.74, 6) is 0.401. The zero-order valence-electron chi connectivity index (χ0n) is 13.0. The Morgan fingerprint density at radius 1 is 1.14 bits per heavy atom. The summed E-state index contributed by atoms with van der Waals surface area (Å²) < 4.78 is 7.05. The molecule has 4 nitrogen and oxygen atoms in total. The number of esters is 1. The largest absolute Gasteiger partial charge is 0.461 e. The molecule has 0 saturated carbocycles. The van der Waals surface area contributed by atoms with Crippen molar-refractivity contribution in [1.82, 2.24) is 9.55 Å². The lowest BCUT2D eigenvalue weighted by Gasteiger charge is -2.09. The van der Waals surface area contributed by atoms with Gasteiger partial charge in [-0.25, -0.2) is 9.78 Å². The fourth-order valence-electron chi connectivity index (χ4n) is 2.73. The molecule has 2 aromatic carbocycles. The normalized spacial score (nSPS) is 10.9. The molecule has 22 heavy (non-hydrogen) atoms. The summed E-state index contributed by atoms with van der Waals surface area (Å²) in [6, 6.07) is 14.4. The van der Waals surface area contributed by atoms with Crippen LogP contribution < -0.4 is 0 Å². The highest BCUT2D eigenvalue weighted by atomic mass is 16.5. The van der Waals surface area contributed by atoms with Gasteiger partial charge in [0.1, 0.15) is 5.82 Å². The highest BCUT2D eigenvalue weighted by molar-refractivity contribution is 5.89. The van der Waals surface area contributed by atoms with Gasteiger partial charge in [-0.2, -0.15) is 0 Å². The van der Waals surface area contributed by atoms with Crippen LogP contribution in [0.3, 0.4) is 0 Å². The first kappa shape index (κ1) is 14.3. The van der Waals surface area contributed by atoms with Crippen molar-refractivity contribution in [2.24, 2.45) is 0 Å². The van der Waals surface area contributed by atoms with E-state index in [0.29, 0.717) is 12.3 Å². The molecular weight excluding hydrogens is 276 g/mol. The summed E-state index contributed by atoms with van der Waals surface area (Å²) >= 11 is 0. The van der Waals surface area contributed by atoms with Crippen LogP contribution in [-0.4, -0.2) is 22.1 Å². The highest BCUT2D eigenvalue weighted by Gasteiger charge is 2.19. The Bertz CT molecular complexity index is 849. The van der Waals surface area contributed by atoms with Crippen LogP contribution >= 0.6 is 0 Å². The van der Waals surface area contributed by atoms with Crippen molar-refractivity contribution in [3.63, 3.8) is 0 Å². The molecule has 0 aliphatic rings. The molecule has 0 aliphatic heterocycles. The predicted octanol–water partition coefficient (Wildman–Crippen LogP) is 3.82. The first-order valence-corrected chi connectivity index (χ1v) is 7.34. The van der Waals surface area contributed by atoms with Gasteiger partial charge in [-0.3, -0.25) is 0 Å². The van der Waals surface area contributed by atoms with Crippen LogP contribution in [0.4, 0.5) is 0 Å². The monoisotopic (exact) mass is 294 g/mol. The maximum Gasteiger partial charge on any atom is 0.358 e. The summed E-state index contributed by atoms with van der Waals surface area (Å²) in [6.07, 6.45) is 0. The third-order valence-electron chi connectivity index (χ3n) is 3.74. The maximum atomic E-state index is 12.0. The van der Waals surface area contributed by atoms with Gasteiger partial charge in [0.05, 0.1) is 12.3 Å². The molecule has 4 heteroatoms. The van der Waals surface area contributed by atoms with Crippen LogP contribution in [-0.2, 0) is 4.74 Å². The Morgan fingerprint density at radius 2 is 1.86 bits per heavy atom. The molecule has 0 radical (unpaired) electrons. The molecule has 1 heterocycles. The van der Waals surface area contributed by atoms with Gasteiger partial charge in [0.25, 0.3) is 0 Å². The van der Waals surface area contributed by atoms with Crippen LogP contribution in [0.25, 0.3) is 16.5 Å². The second kappa shape index (κ2) is 5.64. The van der Waals surface area contributed by atoms with E-state index in [4.69, 9.17) is 4.74 Å². The molecule has 0 spiro atoms. The van der Waals surface area contributed by atoms with Crippen LogP contribution in [0.15, 0.2) is 42.5 Å². The fraction of sp³-hybridized carbons (Fsp3) is 0.222. The van der Waals surface area contributed by atoms with E-state index in [2.05, 4.69) is 29.2 Å². The lowest BCUT2D eigenvalue weighted by molar-refractivity contribution is 0.0519. The summed E-state index contributed by atoms with van der Waals surface area (Å²) in [4.78, 5) is 16.4. The molecule has 0 fully saturated rings. The molecule has 0 saturated heterocycles. The number of aryl methyl sites for hydroxylation is 1. The van der Waals surface area contributed by atoms with Crippen molar-refractivity contribution < 1.29 is 9.53 Å². The van der Waals surface area contributed by atoms with E-state index >= 15 is 0 Å². The van der Waals surface area contributed by atoms with Gasteiger partial charge in [-0.1, -0.05) is 30.3 Å². The first-order chi connectivity index (χ1) is 10.6. The van der Waals surface area contributed by atoms with Crippen molar-refractivity contribution in [3.8, 4) is 5.69 Å². The molecule has 3 aromatic rings. The van der Waals surface area contributed by atoms with Gasteiger partial charge in [0.15, 0.2) is 5.69 Å². The number of carbonyl (C=O) groups is 1. The van der Waals surface area contributed by atoms with Crippen molar-refractivity contribution in [1.29, 1.82) is 0 Å². The average Bonchev–Trinajstić information content (AvgIpc) is 2.82. The van der Waals surface area contributed by atoms with Gasteiger partial charge in [-0.15, -0.1) is 0 Å². The fourth-order valence-corrected chi connectivity index (χ4v) is 2.73. The lowest BCUT2D eigenvalue weighted by Crippen LogP contribution is -2.07. The Kier molecular flexibility index (Phi) is 3.67. The molecular formula is C18H18N2O2. The van der Waals surface area contributed by atoms with Gasteiger partial charge in [0, 0.05) is 5.69 Å². The zero-order chi connectivity index (χ0) is 15.7. The second-order valence-electron chi connectivity index (χ2n) is 5.18. The molecule has 112 valence electrons. The van der Waals surface area contributed by atoms with E-state index in [-0.39, 0.29) is 5.97 Å². The van der Waals surface area contributed by atoms with Crippen LogP contribution in [0, 0.1) is 13.8 Å². The van der Waals surface area contributed by atoms with E-state index in [0.717, 1.165) is 22.6 Å². The first-order valence-electron chi connectivity index (χ1n) is 7.34. The number of hydrogen-bond acceptors (Lipinski definition) is 3. The lowest BCUT2D eigenvalue weighted by atomic mass is 10.1. The minimum atomic E-state index is -0.373. The molecule has 3 rings (SSSR count). The smallest absolute Gasteiger partial charge is 0.358 e. The number of hydrogen-bond donors (Lipinski definition) is 0. The molecule has 0 N–H and O–H groups in total. The van der Waals surface area contributed by atoms with E-state index in [1.54, 1.807) is 6.92 Å². The number of benzene rings is 2. The summed E-state index contributed by atoms with van der Waals surface area (Å²) in [7, 11) is 0. The zero-order valence-corrected chi connectivity index (χ0v) is 13.0. The number of imidazole rings is 1. The van der Waals surface area contributed by atoms with Gasteiger partial charge in [-0.05, 0) is 43.7 Å². The predicted molar refractivity (Wildman–Crippen MR) is 86.5 cm³/mol. The van der Waals surface area contributed by atoms with E-state index in [1.165, 1.54) is 5.39 Å². The van der Waals surface area contributed by atoms with E-state index in [1.807, 2.05) is 36.6 Å². The third-order valence-corrected chi connectivity index (χ3v) is 3.74. The molecule has 0 amide bonds. The minimum Gasteiger partial charge on any atom is -0.461 e. The Labute approximate surface area is 129 Å². The number of rotatable bonds is 3. The van der Waals surface area contributed by atoms with Gasteiger partial charge < -0.3 is 9.30 Å². The SMILES string of the molecule is CCOC(=O)c1nc(C)n(-c2ccc3ccccc3c2)c1C. The van der Waals surface area contributed by atoms with E-state index < -0.39 is 0 Å². The number of aromatic nitrogens is 2. The Hall–Kier alpha value is -2.62. The van der Waals surface area contributed by atoms with Crippen molar-refractivity contribution in [2.75, 3.05) is 6.61 Å². The summed E-state index contributed by atoms with van der Waals surface area (Å²) in [5.41, 5.74) is 2.18. The van der Waals surface area contributed by atoms with Gasteiger partial charge >= 0.3 is 5.97 Å². The Balaban J connectivity index is 2.12. The minimum absolute atomic E-state index is 0.347. The topological polar surface area (TPSA) is 44.1 Å². The van der Waals surface area contributed by atoms with Crippen LogP contribution in [0.1, 0.15) is 28.9 Å². The summed E-state index contributed by atoms with van der Waals surface area (Å²) in [5, 5.41) is 2.34. The maximum absolute atomic E-state index is 12.0. The van der Waals surface area contributed by atoms with E-state index in [9.17, 15) is 4.79 Å². The molecule has 0 atom stereocenters. The van der Waals surface area contributed by atoms with Crippen molar-refractivity contribution >= 4 is 16.7 Å². The van der Waals surface area contributed by atoms with Crippen LogP contribution in [0.5, 0.6) is 0 Å². The third kappa shape index (κ3) is 2.37. The Morgan fingerprint density at radius 3 is 2.59 bits per heavy atom. The molecule has 0 bridgehead atoms. The van der Waals surface area contributed by atoms with Crippen molar-refractivity contribution in [3.05, 3.63) is 59.7 Å². The number of nitrogens with zero attached hydrogens (tertiary/aromatic N) is 2. The molecule has 0 unspecified atom stereocenters. The number of carbonyl (C=O) groups excluding carboxylic acids is 1. The molecule has 0 aliphatic carbocycles. The van der Waals surface area contributed by atoms with Crippen LogP contribution in [0.2, 0.25) is 0 Å². The average molecular weight is 294 g/mol. The number of fused-ring (bicyclic) bond motifs is 1. The van der Waals surface area contributed by atoms with Gasteiger partial charge in [0.2, 0.25) is 0 Å². The van der Waals surface area contributed by atoms with Crippen molar-refractivity contribution in [2.45, 2.75) is 20.8 Å². The highest BCUT2D eigenvalue weighted by Crippen LogP contribution is 2.22. The summed E-state index contributed by atoms with van der Waals surface area (Å²) in [6.45, 7) is 5.92. The standard InChI is InChI=1S/C18H18N2O2/c1-4-22-18(21)17-12(2)20(13(3)19-17)16-10-9-14-7-5-6-8-15(14)11-16/h5-11H,4H2,1-3H3. The second-order valence-corrected chi connectivity index (χ2v) is 5.18. The number of ether oxygens (including phenoxy) is 1.